The smallest absolute Gasteiger partial charge is 0.311 e. The molecule has 1 aromatic carbocycles. The van der Waals surface area contributed by atoms with E-state index in [1.54, 1.807) is 4.90 Å². The molecule has 3 aliphatic rings. The number of amides is 1. The van der Waals surface area contributed by atoms with Gasteiger partial charge in [-0.05, 0) is 36.0 Å². The minimum absolute atomic E-state index is 0.0406. The van der Waals surface area contributed by atoms with E-state index in [1.165, 1.54) is 0 Å². The summed E-state index contributed by atoms with van der Waals surface area (Å²) in [7, 11) is 0. The van der Waals surface area contributed by atoms with Gasteiger partial charge in [-0.3, -0.25) is 9.59 Å². The lowest BCUT2D eigenvalue weighted by Crippen LogP contribution is -2.37. The number of hydrogen-bond acceptors (Lipinski definition) is 3. The Kier molecular flexibility index (Phi) is 3.32. The van der Waals surface area contributed by atoms with Gasteiger partial charge < -0.3 is 14.7 Å². The SMILES string of the molecule is O=C(Cc1ccc2c(c1)CCO2)N1C[C@@H]2CCC[C@@]2(C(=O)O)C1. The third-order valence-corrected chi connectivity index (χ3v) is 5.76. The molecule has 5 nitrogen and oxygen atoms in total. The lowest BCUT2D eigenvalue weighted by molar-refractivity contribution is -0.149. The molecule has 1 aromatic rings. The highest BCUT2D eigenvalue weighted by atomic mass is 16.5. The van der Waals surface area contributed by atoms with E-state index in [-0.39, 0.29) is 11.8 Å². The Morgan fingerprint density at radius 3 is 3.04 bits per heavy atom. The van der Waals surface area contributed by atoms with Crippen LogP contribution in [-0.4, -0.2) is 41.6 Å². The van der Waals surface area contributed by atoms with E-state index in [0.717, 1.165) is 36.1 Å². The zero-order chi connectivity index (χ0) is 16.0. The molecule has 0 spiro atoms. The van der Waals surface area contributed by atoms with Crippen LogP contribution in [-0.2, 0) is 22.4 Å². The summed E-state index contributed by atoms with van der Waals surface area (Å²) in [5.74, 6) is 0.350. The first-order valence-corrected chi connectivity index (χ1v) is 8.34. The van der Waals surface area contributed by atoms with E-state index in [1.807, 2.05) is 18.2 Å². The van der Waals surface area contributed by atoms with Gasteiger partial charge in [0.2, 0.25) is 5.91 Å². The molecule has 4 rings (SSSR count). The number of carboxylic acids is 1. The van der Waals surface area contributed by atoms with Gasteiger partial charge in [0.15, 0.2) is 0 Å². The molecule has 2 aliphatic heterocycles. The van der Waals surface area contributed by atoms with Crippen LogP contribution in [0.25, 0.3) is 0 Å². The van der Waals surface area contributed by atoms with Crippen molar-refractivity contribution in [2.45, 2.75) is 32.1 Å². The number of carbonyl (C=O) groups is 2. The molecule has 5 heteroatoms. The summed E-state index contributed by atoms with van der Waals surface area (Å²) in [6, 6.07) is 5.92. The predicted molar refractivity (Wildman–Crippen MR) is 83.3 cm³/mol. The summed E-state index contributed by atoms with van der Waals surface area (Å²) in [4.78, 5) is 26.1. The largest absolute Gasteiger partial charge is 0.493 e. The molecule has 0 bridgehead atoms. The van der Waals surface area contributed by atoms with Gasteiger partial charge in [-0.15, -0.1) is 0 Å². The quantitative estimate of drug-likeness (QED) is 0.925. The van der Waals surface area contributed by atoms with Crippen LogP contribution in [0.3, 0.4) is 0 Å². The van der Waals surface area contributed by atoms with Gasteiger partial charge in [0.05, 0.1) is 18.4 Å². The molecular formula is C18H21NO4. The average Bonchev–Trinajstić information content (AvgIpc) is 3.20. The second-order valence-electron chi connectivity index (χ2n) is 7.04. The van der Waals surface area contributed by atoms with Crippen molar-refractivity contribution in [2.75, 3.05) is 19.7 Å². The Morgan fingerprint density at radius 2 is 2.26 bits per heavy atom. The Bertz CT molecular complexity index is 671. The molecule has 0 aromatic heterocycles. The Balaban J connectivity index is 1.47. The topological polar surface area (TPSA) is 66.8 Å². The molecule has 2 atom stereocenters. The first-order valence-electron chi connectivity index (χ1n) is 8.34. The number of rotatable bonds is 3. The number of fused-ring (bicyclic) bond motifs is 2. The minimum atomic E-state index is -0.732. The number of aliphatic carboxylic acids is 1. The molecule has 1 aliphatic carbocycles. The van der Waals surface area contributed by atoms with E-state index in [9.17, 15) is 14.7 Å². The third-order valence-electron chi connectivity index (χ3n) is 5.76. The number of nitrogens with zero attached hydrogens (tertiary/aromatic N) is 1. The van der Waals surface area contributed by atoms with Crippen molar-refractivity contribution in [3.8, 4) is 5.75 Å². The summed E-state index contributed by atoms with van der Waals surface area (Å²) in [5, 5.41) is 9.62. The first-order chi connectivity index (χ1) is 11.1. The Hall–Kier alpha value is -2.04. The standard InChI is InChI=1S/C18H21NO4/c20-16(9-12-3-4-15-13(8-12)5-7-23-15)19-10-14-2-1-6-18(14,11-19)17(21)22/h3-4,8,14H,1-2,5-7,9-11H2,(H,21,22)/t14-,18+/m0/s1. The van der Waals surface area contributed by atoms with Crippen molar-refractivity contribution in [3.63, 3.8) is 0 Å². The molecule has 2 fully saturated rings. The number of carboxylic acid groups (broad SMARTS) is 1. The van der Waals surface area contributed by atoms with Crippen molar-refractivity contribution < 1.29 is 19.4 Å². The van der Waals surface area contributed by atoms with E-state index >= 15 is 0 Å². The van der Waals surface area contributed by atoms with Crippen LogP contribution in [0.4, 0.5) is 0 Å². The van der Waals surface area contributed by atoms with Crippen molar-refractivity contribution in [1.82, 2.24) is 4.90 Å². The van der Waals surface area contributed by atoms with Gasteiger partial charge >= 0.3 is 5.97 Å². The number of ether oxygens (including phenoxy) is 1. The van der Waals surface area contributed by atoms with Gasteiger partial charge in [0, 0.05) is 19.5 Å². The fourth-order valence-corrected chi connectivity index (χ4v) is 4.47. The van der Waals surface area contributed by atoms with Crippen molar-refractivity contribution >= 4 is 11.9 Å². The van der Waals surface area contributed by atoms with Crippen molar-refractivity contribution in [2.24, 2.45) is 11.3 Å². The number of likely N-dealkylation sites (tertiary alicyclic amines) is 1. The van der Waals surface area contributed by atoms with Gasteiger partial charge in [-0.2, -0.15) is 0 Å². The van der Waals surface area contributed by atoms with Crippen LogP contribution >= 0.6 is 0 Å². The van der Waals surface area contributed by atoms with Crippen LogP contribution in [0.5, 0.6) is 5.75 Å². The average molecular weight is 315 g/mol. The number of hydrogen-bond donors (Lipinski definition) is 1. The van der Waals surface area contributed by atoms with Gasteiger partial charge in [0.1, 0.15) is 5.75 Å². The first kappa shape index (κ1) is 14.5. The molecule has 2 heterocycles. The van der Waals surface area contributed by atoms with E-state index in [4.69, 9.17) is 4.74 Å². The summed E-state index contributed by atoms with van der Waals surface area (Å²) >= 11 is 0. The summed E-state index contributed by atoms with van der Waals surface area (Å²) in [6.07, 6.45) is 3.82. The molecule has 0 radical (unpaired) electrons. The van der Waals surface area contributed by atoms with Crippen LogP contribution in [0, 0.1) is 11.3 Å². The van der Waals surface area contributed by atoms with Crippen molar-refractivity contribution in [1.29, 1.82) is 0 Å². The van der Waals surface area contributed by atoms with Crippen LogP contribution in [0.15, 0.2) is 18.2 Å². The van der Waals surface area contributed by atoms with E-state index in [0.29, 0.717) is 32.5 Å². The van der Waals surface area contributed by atoms with E-state index in [2.05, 4.69) is 0 Å². The molecule has 0 unspecified atom stereocenters. The second kappa shape index (κ2) is 5.25. The molecule has 122 valence electrons. The molecular weight excluding hydrogens is 294 g/mol. The maximum Gasteiger partial charge on any atom is 0.311 e. The normalized spacial score (nSPS) is 28.3. The number of carbonyl (C=O) groups excluding carboxylic acids is 1. The highest BCUT2D eigenvalue weighted by Crippen LogP contribution is 2.49. The fraction of sp³-hybridized carbons (Fsp3) is 0.556. The van der Waals surface area contributed by atoms with Crippen LogP contribution < -0.4 is 4.74 Å². The lowest BCUT2D eigenvalue weighted by atomic mass is 9.81. The third kappa shape index (κ3) is 2.30. The molecule has 23 heavy (non-hydrogen) atoms. The van der Waals surface area contributed by atoms with Crippen LogP contribution in [0.2, 0.25) is 0 Å². The maximum atomic E-state index is 12.6. The Labute approximate surface area is 135 Å². The highest BCUT2D eigenvalue weighted by Gasteiger charge is 2.55. The molecule has 1 N–H and O–H groups in total. The molecule has 1 amide bonds. The van der Waals surface area contributed by atoms with E-state index < -0.39 is 11.4 Å². The fourth-order valence-electron chi connectivity index (χ4n) is 4.47. The summed E-state index contributed by atoms with van der Waals surface area (Å²) in [5.41, 5.74) is 1.46. The molecule has 1 saturated carbocycles. The Morgan fingerprint density at radius 1 is 1.39 bits per heavy atom. The van der Waals surface area contributed by atoms with Crippen LogP contribution in [0.1, 0.15) is 30.4 Å². The zero-order valence-corrected chi connectivity index (χ0v) is 13.1. The van der Waals surface area contributed by atoms with Crippen molar-refractivity contribution in [3.05, 3.63) is 29.3 Å². The summed E-state index contributed by atoms with van der Waals surface area (Å²) < 4.78 is 5.49. The van der Waals surface area contributed by atoms with Gasteiger partial charge in [-0.1, -0.05) is 18.6 Å². The minimum Gasteiger partial charge on any atom is -0.493 e. The number of benzene rings is 1. The highest BCUT2D eigenvalue weighted by molar-refractivity contribution is 5.82. The molecule has 1 saturated heterocycles. The second-order valence-corrected chi connectivity index (χ2v) is 7.04. The van der Waals surface area contributed by atoms with Gasteiger partial charge in [0.25, 0.3) is 0 Å². The summed E-state index contributed by atoms with van der Waals surface area (Å²) in [6.45, 7) is 1.68. The predicted octanol–water partition coefficient (Wildman–Crippen LogP) is 1.88. The monoisotopic (exact) mass is 315 g/mol. The maximum absolute atomic E-state index is 12.6. The lowest BCUT2D eigenvalue weighted by Gasteiger charge is -2.23. The zero-order valence-electron chi connectivity index (χ0n) is 13.1. The van der Waals surface area contributed by atoms with Gasteiger partial charge in [-0.25, -0.2) is 0 Å².